The summed E-state index contributed by atoms with van der Waals surface area (Å²) < 4.78 is 34.8. The van der Waals surface area contributed by atoms with Crippen molar-refractivity contribution in [2.45, 2.75) is 26.5 Å². The highest BCUT2D eigenvalue weighted by molar-refractivity contribution is 14.0. The fraction of sp³-hybridized carbons (Fsp3) is 0.533. The highest BCUT2D eigenvalue weighted by Gasteiger charge is 2.15. The van der Waals surface area contributed by atoms with Gasteiger partial charge in [0.1, 0.15) is 5.75 Å². The molecule has 0 aromatic heterocycles. The molecule has 25 heavy (non-hydrogen) atoms. The molecule has 0 aliphatic rings. The van der Waals surface area contributed by atoms with Gasteiger partial charge in [-0.25, -0.2) is 0 Å². The summed E-state index contributed by atoms with van der Waals surface area (Å²) in [4.78, 5) is 4.06. The van der Waals surface area contributed by atoms with E-state index in [0.717, 1.165) is 6.42 Å². The first-order chi connectivity index (χ1) is 11.5. The maximum Gasteiger partial charge on any atom is 0.387 e. The van der Waals surface area contributed by atoms with E-state index in [9.17, 15) is 8.78 Å². The highest BCUT2D eigenvalue weighted by atomic mass is 127. The molecule has 0 saturated heterocycles. The lowest BCUT2D eigenvalue weighted by atomic mass is 10.2. The number of rotatable bonds is 9. The Labute approximate surface area is 173 Å². The molecule has 0 aliphatic carbocycles. The quantitative estimate of drug-likeness (QED) is 0.224. The van der Waals surface area contributed by atoms with Crippen molar-refractivity contribution in [2.75, 3.05) is 26.8 Å². The zero-order valence-corrected chi connectivity index (χ0v) is 17.8. The molecule has 10 heteroatoms. The largest absolute Gasteiger partial charge is 0.433 e. The molecule has 1 rings (SSSR count). The van der Waals surface area contributed by atoms with Crippen LogP contribution in [0.4, 0.5) is 8.78 Å². The van der Waals surface area contributed by atoms with Crippen molar-refractivity contribution in [1.82, 2.24) is 10.6 Å². The lowest BCUT2D eigenvalue weighted by Crippen LogP contribution is -2.37. The van der Waals surface area contributed by atoms with Crippen LogP contribution < -0.4 is 15.4 Å². The molecule has 0 atom stereocenters. The lowest BCUT2D eigenvalue weighted by Gasteiger charge is -2.16. The summed E-state index contributed by atoms with van der Waals surface area (Å²) in [6, 6.07) is 2.87. The summed E-state index contributed by atoms with van der Waals surface area (Å²) >= 11 is 11.9. The minimum Gasteiger partial charge on any atom is -0.433 e. The normalized spacial score (nSPS) is 11.2. The first kappa shape index (κ1) is 24.4. The summed E-state index contributed by atoms with van der Waals surface area (Å²) in [6.07, 6.45) is 0.817. The number of nitrogens with one attached hydrogen (secondary N) is 2. The van der Waals surface area contributed by atoms with Gasteiger partial charge in [-0.05, 0) is 25.5 Å². The van der Waals surface area contributed by atoms with Crippen molar-refractivity contribution < 1.29 is 18.3 Å². The zero-order valence-electron chi connectivity index (χ0n) is 14.0. The molecule has 0 spiro atoms. The van der Waals surface area contributed by atoms with Gasteiger partial charge in [-0.2, -0.15) is 8.78 Å². The van der Waals surface area contributed by atoms with Gasteiger partial charge >= 0.3 is 6.61 Å². The molecule has 0 saturated carbocycles. The van der Waals surface area contributed by atoms with Crippen LogP contribution in [0.5, 0.6) is 5.75 Å². The van der Waals surface area contributed by atoms with Crippen LogP contribution in [-0.2, 0) is 11.3 Å². The first-order valence-corrected chi connectivity index (χ1v) is 8.18. The van der Waals surface area contributed by atoms with Gasteiger partial charge in [-0.1, -0.05) is 23.2 Å². The molecule has 0 fully saturated rings. The van der Waals surface area contributed by atoms with Crippen LogP contribution >= 0.6 is 47.2 Å². The Bertz CT molecular complexity index is 552. The van der Waals surface area contributed by atoms with Crippen molar-refractivity contribution in [1.29, 1.82) is 0 Å². The molecule has 1 aromatic carbocycles. The number of nitrogens with zero attached hydrogens (tertiary/aromatic N) is 1. The Kier molecular flexibility index (Phi) is 13.3. The smallest absolute Gasteiger partial charge is 0.387 e. The number of hydrogen-bond acceptors (Lipinski definition) is 3. The van der Waals surface area contributed by atoms with Gasteiger partial charge in [0.05, 0.1) is 5.02 Å². The fourth-order valence-electron chi connectivity index (χ4n) is 1.89. The number of ether oxygens (including phenoxy) is 2. The van der Waals surface area contributed by atoms with Crippen LogP contribution in [0.2, 0.25) is 10.0 Å². The maximum atomic E-state index is 12.5. The van der Waals surface area contributed by atoms with E-state index in [1.807, 2.05) is 6.92 Å². The second-order valence-corrected chi connectivity index (χ2v) is 5.50. The molecule has 2 N–H and O–H groups in total. The number of guanidine groups is 1. The molecule has 144 valence electrons. The van der Waals surface area contributed by atoms with E-state index < -0.39 is 6.61 Å². The average Bonchev–Trinajstić information content (AvgIpc) is 2.52. The Morgan fingerprint density at radius 1 is 1.28 bits per heavy atom. The number of halogens is 5. The third-order valence-electron chi connectivity index (χ3n) is 2.92. The Hall–Kier alpha value is -0.580. The van der Waals surface area contributed by atoms with E-state index in [1.165, 1.54) is 12.1 Å². The second-order valence-electron chi connectivity index (χ2n) is 4.66. The standard InChI is InChI=1S/C15H21Cl2F2N3O2.HI/c1-3-23-6-4-5-21-15(20-2)22-9-10-7-11(16)8-12(17)13(10)24-14(18)19;/h7-8,14H,3-6,9H2,1-2H3,(H2,20,21,22);1H. The second kappa shape index (κ2) is 13.6. The molecule has 0 amide bonds. The molecule has 1 aromatic rings. The molecule has 5 nitrogen and oxygen atoms in total. The Balaban J connectivity index is 0.00000576. The predicted molar refractivity (Wildman–Crippen MR) is 108 cm³/mol. The first-order valence-electron chi connectivity index (χ1n) is 7.42. The molecule has 0 unspecified atom stereocenters. The Morgan fingerprint density at radius 3 is 2.60 bits per heavy atom. The van der Waals surface area contributed by atoms with Crippen molar-refractivity contribution in [3.8, 4) is 5.75 Å². The van der Waals surface area contributed by atoms with Crippen LogP contribution in [0.25, 0.3) is 0 Å². The van der Waals surface area contributed by atoms with Crippen molar-refractivity contribution in [2.24, 2.45) is 4.99 Å². The maximum absolute atomic E-state index is 12.5. The number of hydrogen-bond donors (Lipinski definition) is 2. The van der Waals surface area contributed by atoms with Crippen LogP contribution in [0.3, 0.4) is 0 Å². The monoisotopic (exact) mass is 511 g/mol. The lowest BCUT2D eigenvalue weighted by molar-refractivity contribution is -0.0504. The van der Waals surface area contributed by atoms with Crippen molar-refractivity contribution in [3.63, 3.8) is 0 Å². The van der Waals surface area contributed by atoms with Crippen molar-refractivity contribution in [3.05, 3.63) is 27.7 Å². The van der Waals surface area contributed by atoms with Crippen LogP contribution in [0, 0.1) is 0 Å². The zero-order chi connectivity index (χ0) is 17.9. The van der Waals surface area contributed by atoms with Crippen molar-refractivity contribution >= 4 is 53.1 Å². The van der Waals surface area contributed by atoms with Gasteiger partial charge in [-0.15, -0.1) is 24.0 Å². The summed E-state index contributed by atoms with van der Waals surface area (Å²) in [5.41, 5.74) is 0.407. The minimum absolute atomic E-state index is 0. The third kappa shape index (κ3) is 9.62. The molecule has 0 radical (unpaired) electrons. The number of aliphatic imine (C=N–C) groups is 1. The topological polar surface area (TPSA) is 54.9 Å². The Morgan fingerprint density at radius 2 is 2.00 bits per heavy atom. The fourth-order valence-corrected chi connectivity index (χ4v) is 2.47. The van der Waals surface area contributed by atoms with E-state index in [-0.39, 0.29) is 41.3 Å². The summed E-state index contributed by atoms with van der Waals surface area (Å²) in [6.45, 7) is 1.12. The van der Waals surface area contributed by atoms with E-state index in [4.69, 9.17) is 27.9 Å². The number of benzene rings is 1. The van der Waals surface area contributed by atoms with Crippen LogP contribution in [0.1, 0.15) is 18.9 Å². The minimum atomic E-state index is -2.97. The average molecular weight is 512 g/mol. The molecule has 0 bridgehead atoms. The van der Waals surface area contributed by atoms with E-state index >= 15 is 0 Å². The van der Waals surface area contributed by atoms with Gasteiger partial charge in [0.2, 0.25) is 0 Å². The van der Waals surface area contributed by atoms with Gasteiger partial charge < -0.3 is 20.1 Å². The van der Waals surface area contributed by atoms with Gasteiger partial charge in [0.15, 0.2) is 5.96 Å². The molecule has 0 aliphatic heterocycles. The van der Waals surface area contributed by atoms with Gasteiger partial charge in [-0.3, -0.25) is 4.99 Å². The van der Waals surface area contributed by atoms with E-state index in [1.54, 1.807) is 7.05 Å². The molecule has 0 heterocycles. The van der Waals surface area contributed by atoms with Gasteiger partial charge in [0.25, 0.3) is 0 Å². The summed E-state index contributed by atoms with van der Waals surface area (Å²) in [5, 5.41) is 6.45. The SMILES string of the molecule is CCOCCCNC(=NC)NCc1cc(Cl)cc(Cl)c1OC(F)F.I. The number of alkyl halides is 2. The van der Waals surface area contributed by atoms with Crippen LogP contribution in [-0.4, -0.2) is 39.4 Å². The third-order valence-corrected chi connectivity index (χ3v) is 3.42. The molecular formula is C15H22Cl2F2IN3O2. The predicted octanol–water partition coefficient (Wildman–Crippen LogP) is 4.30. The van der Waals surface area contributed by atoms with Gasteiger partial charge in [0, 0.05) is 43.9 Å². The highest BCUT2D eigenvalue weighted by Crippen LogP contribution is 2.33. The van der Waals surface area contributed by atoms with Crippen LogP contribution in [0.15, 0.2) is 17.1 Å². The van der Waals surface area contributed by atoms with E-state index in [0.29, 0.717) is 36.3 Å². The summed E-state index contributed by atoms with van der Waals surface area (Å²) in [7, 11) is 1.61. The summed E-state index contributed by atoms with van der Waals surface area (Å²) in [5.74, 6) is 0.418. The molecular weight excluding hydrogens is 490 g/mol. The van der Waals surface area contributed by atoms with E-state index in [2.05, 4.69) is 20.4 Å².